The Balaban J connectivity index is 1.24. The number of hydrogen-bond acceptors (Lipinski definition) is 3. The maximum atomic E-state index is 12.6. The largest absolute Gasteiger partial charge is 0.480 e. The second-order valence-electron chi connectivity index (χ2n) is 8.35. The summed E-state index contributed by atoms with van der Waals surface area (Å²) in [4.78, 5) is 27.5. The molecule has 1 aromatic heterocycles. The van der Waals surface area contributed by atoms with Gasteiger partial charge in [-0.25, -0.2) is 9.59 Å². The molecule has 6 nitrogen and oxygen atoms in total. The lowest BCUT2D eigenvalue weighted by molar-refractivity contribution is -0.139. The quantitative estimate of drug-likeness (QED) is 0.359. The highest BCUT2D eigenvalue weighted by atomic mass is 16.5. The molecule has 0 aliphatic heterocycles. The average molecular weight is 453 g/mol. The van der Waals surface area contributed by atoms with E-state index in [0.717, 1.165) is 39.1 Å². The van der Waals surface area contributed by atoms with Gasteiger partial charge in [0.1, 0.15) is 12.6 Å². The summed E-state index contributed by atoms with van der Waals surface area (Å²) < 4.78 is 5.51. The third kappa shape index (κ3) is 4.30. The van der Waals surface area contributed by atoms with Crippen molar-refractivity contribution in [3.63, 3.8) is 0 Å². The van der Waals surface area contributed by atoms with Crippen molar-refractivity contribution in [1.29, 1.82) is 0 Å². The number of nitrogens with one attached hydrogen (secondary N) is 2. The highest BCUT2D eigenvalue weighted by Crippen LogP contribution is 2.44. The molecule has 1 aliphatic carbocycles. The van der Waals surface area contributed by atoms with E-state index >= 15 is 0 Å². The third-order valence-corrected chi connectivity index (χ3v) is 6.20. The number of carbonyl (C=O) groups excluding carboxylic acids is 1. The molecule has 5 rings (SSSR count). The van der Waals surface area contributed by atoms with Gasteiger partial charge in [-0.1, -0.05) is 78.9 Å². The number of ether oxygens (including phenoxy) is 1. The predicted octanol–water partition coefficient (Wildman–Crippen LogP) is 5.22. The van der Waals surface area contributed by atoms with Crippen LogP contribution in [-0.4, -0.2) is 34.8 Å². The highest BCUT2D eigenvalue weighted by Gasteiger charge is 2.29. The van der Waals surface area contributed by atoms with Gasteiger partial charge in [-0.3, -0.25) is 0 Å². The van der Waals surface area contributed by atoms with Crippen LogP contribution in [0, 0.1) is 0 Å². The van der Waals surface area contributed by atoms with Crippen LogP contribution >= 0.6 is 0 Å². The molecule has 0 spiro atoms. The topological polar surface area (TPSA) is 91.4 Å². The molecule has 0 radical (unpaired) electrons. The number of carboxylic acid groups (broad SMARTS) is 1. The van der Waals surface area contributed by atoms with Crippen LogP contribution in [0.5, 0.6) is 0 Å². The molecule has 0 fully saturated rings. The molecule has 1 atom stereocenters. The molecule has 170 valence electrons. The highest BCUT2D eigenvalue weighted by molar-refractivity contribution is 5.81. The lowest BCUT2D eigenvalue weighted by atomic mass is 9.98. The van der Waals surface area contributed by atoms with Crippen molar-refractivity contribution in [3.05, 3.63) is 108 Å². The molecule has 34 heavy (non-hydrogen) atoms. The molecule has 1 aliphatic rings. The van der Waals surface area contributed by atoms with E-state index in [9.17, 15) is 14.7 Å². The van der Waals surface area contributed by atoms with E-state index in [1.165, 1.54) is 0 Å². The molecule has 3 N–H and O–H groups in total. The fraction of sp³-hybridized carbons (Fsp3) is 0.143. The Kier molecular flexibility index (Phi) is 5.87. The number of benzene rings is 3. The van der Waals surface area contributed by atoms with Crippen molar-refractivity contribution >= 4 is 12.1 Å². The number of carboxylic acids is 1. The lowest BCUT2D eigenvalue weighted by Crippen LogP contribution is -2.42. The number of amides is 1. The van der Waals surface area contributed by atoms with Crippen LogP contribution in [-0.2, 0) is 16.0 Å². The zero-order chi connectivity index (χ0) is 23.5. The number of aliphatic carboxylic acids is 1. The van der Waals surface area contributed by atoms with Crippen molar-refractivity contribution in [1.82, 2.24) is 10.3 Å². The monoisotopic (exact) mass is 452 g/mol. The first-order valence-corrected chi connectivity index (χ1v) is 11.2. The minimum atomic E-state index is -1.11. The second kappa shape index (κ2) is 9.27. The first-order chi connectivity index (χ1) is 16.6. The Morgan fingerprint density at radius 1 is 0.912 bits per heavy atom. The van der Waals surface area contributed by atoms with E-state index in [1.807, 2.05) is 72.8 Å². The number of aromatic amines is 1. The summed E-state index contributed by atoms with van der Waals surface area (Å²) in [5.74, 6) is -1.20. The third-order valence-electron chi connectivity index (χ3n) is 6.20. The zero-order valence-corrected chi connectivity index (χ0v) is 18.4. The molecule has 1 amide bonds. The summed E-state index contributed by atoms with van der Waals surface area (Å²) in [5.41, 5.74) is 7.16. The number of hydrogen-bond donors (Lipinski definition) is 3. The molecule has 6 heteroatoms. The summed E-state index contributed by atoms with van der Waals surface area (Å²) in [6.45, 7) is 0.133. The Hall–Kier alpha value is -4.32. The van der Waals surface area contributed by atoms with Crippen LogP contribution in [0.25, 0.3) is 22.4 Å². The normalized spacial score (nSPS) is 13.1. The number of H-pyrrole nitrogens is 1. The van der Waals surface area contributed by atoms with Crippen molar-refractivity contribution in [2.45, 2.75) is 18.4 Å². The molecule has 0 saturated heterocycles. The summed E-state index contributed by atoms with van der Waals surface area (Å²) in [7, 11) is 0. The minimum absolute atomic E-state index is 0.0838. The van der Waals surface area contributed by atoms with Crippen LogP contribution < -0.4 is 5.32 Å². The van der Waals surface area contributed by atoms with E-state index in [-0.39, 0.29) is 18.9 Å². The molecule has 1 heterocycles. The first-order valence-electron chi connectivity index (χ1n) is 11.2. The van der Waals surface area contributed by atoms with Crippen molar-refractivity contribution in [2.24, 2.45) is 0 Å². The molecule has 3 aromatic carbocycles. The zero-order valence-electron chi connectivity index (χ0n) is 18.4. The van der Waals surface area contributed by atoms with Gasteiger partial charge in [0.15, 0.2) is 0 Å². The summed E-state index contributed by atoms with van der Waals surface area (Å²) >= 11 is 0. The van der Waals surface area contributed by atoms with Crippen molar-refractivity contribution < 1.29 is 19.4 Å². The first kappa shape index (κ1) is 21.5. The Labute approximate surface area is 197 Å². The van der Waals surface area contributed by atoms with Gasteiger partial charge in [0, 0.05) is 24.2 Å². The van der Waals surface area contributed by atoms with Gasteiger partial charge in [-0.2, -0.15) is 0 Å². The summed E-state index contributed by atoms with van der Waals surface area (Å²) in [6, 6.07) is 26.7. The van der Waals surface area contributed by atoms with Crippen LogP contribution in [0.15, 0.2) is 91.1 Å². The smallest absolute Gasteiger partial charge is 0.407 e. The Morgan fingerprint density at radius 2 is 1.53 bits per heavy atom. The number of fused-ring (bicyclic) bond motifs is 3. The van der Waals surface area contributed by atoms with Gasteiger partial charge in [-0.15, -0.1) is 0 Å². The van der Waals surface area contributed by atoms with Crippen LogP contribution in [0.1, 0.15) is 22.6 Å². The fourth-order valence-corrected chi connectivity index (χ4v) is 4.56. The van der Waals surface area contributed by atoms with Gasteiger partial charge in [0.2, 0.25) is 0 Å². The molecular weight excluding hydrogens is 428 g/mol. The van der Waals surface area contributed by atoms with Crippen molar-refractivity contribution in [2.75, 3.05) is 6.61 Å². The molecular formula is C28H24N2O4. The molecule has 4 aromatic rings. The average Bonchev–Trinajstić information content (AvgIpc) is 3.46. The predicted molar refractivity (Wildman–Crippen MR) is 130 cm³/mol. The Morgan fingerprint density at radius 3 is 2.18 bits per heavy atom. The number of alkyl carbamates (subject to hydrolysis) is 1. The Bertz CT molecular complexity index is 1280. The van der Waals surface area contributed by atoms with E-state index in [4.69, 9.17) is 4.74 Å². The van der Waals surface area contributed by atoms with E-state index in [0.29, 0.717) is 0 Å². The van der Waals surface area contributed by atoms with E-state index < -0.39 is 18.1 Å². The molecule has 0 unspecified atom stereocenters. The number of carbonyl (C=O) groups is 2. The van der Waals surface area contributed by atoms with E-state index in [2.05, 4.69) is 22.4 Å². The maximum absolute atomic E-state index is 12.6. The van der Waals surface area contributed by atoms with Gasteiger partial charge in [-0.05, 0) is 39.4 Å². The van der Waals surface area contributed by atoms with Gasteiger partial charge in [0.05, 0.1) is 0 Å². The number of rotatable bonds is 7. The van der Waals surface area contributed by atoms with E-state index in [1.54, 1.807) is 6.20 Å². The van der Waals surface area contributed by atoms with Gasteiger partial charge >= 0.3 is 12.1 Å². The lowest BCUT2D eigenvalue weighted by Gasteiger charge is -2.17. The van der Waals surface area contributed by atoms with Gasteiger partial charge in [0.25, 0.3) is 0 Å². The van der Waals surface area contributed by atoms with Crippen molar-refractivity contribution in [3.8, 4) is 22.4 Å². The second-order valence-corrected chi connectivity index (χ2v) is 8.35. The summed E-state index contributed by atoms with van der Waals surface area (Å²) in [5, 5.41) is 12.2. The summed E-state index contributed by atoms with van der Waals surface area (Å²) in [6.07, 6.45) is 1.16. The molecule has 0 bridgehead atoms. The maximum Gasteiger partial charge on any atom is 0.407 e. The fourth-order valence-electron chi connectivity index (χ4n) is 4.56. The molecule has 0 saturated carbocycles. The SMILES string of the molecule is O=C(N[C@@H](Cc1c[nH]c(-c2ccccc2)c1)C(=O)O)OCC1c2ccccc2-c2ccccc21. The van der Waals surface area contributed by atoms with Crippen LogP contribution in [0.3, 0.4) is 0 Å². The number of aromatic nitrogens is 1. The standard InChI is InChI=1S/C28H24N2O4/c31-27(32)26(15-18-14-25(29-16-18)19-8-2-1-3-9-19)30-28(33)34-17-24-22-12-6-4-10-20(22)21-11-5-7-13-23(21)24/h1-14,16,24,26,29H,15,17H2,(H,30,33)(H,31,32)/t26-/m0/s1. The minimum Gasteiger partial charge on any atom is -0.480 e. The van der Waals surface area contributed by atoms with Crippen LogP contribution in [0.4, 0.5) is 4.79 Å². The van der Waals surface area contributed by atoms with Gasteiger partial charge < -0.3 is 20.1 Å². The van der Waals surface area contributed by atoms with Crippen LogP contribution in [0.2, 0.25) is 0 Å².